The van der Waals surface area contributed by atoms with Crippen LogP contribution in [0.1, 0.15) is 0 Å². The van der Waals surface area contributed by atoms with Crippen LogP contribution in [0.2, 0.25) is 0 Å². The minimum atomic E-state index is -0.614. The topological polar surface area (TPSA) is 111 Å². The summed E-state index contributed by atoms with van der Waals surface area (Å²) in [5.41, 5.74) is 5.22. The Hall–Kier alpha value is -2.35. The average molecular weight is 266 g/mol. The number of benzene rings is 1. The Kier molecular flexibility index (Phi) is 3.81. The molecule has 1 aromatic carbocycles. The summed E-state index contributed by atoms with van der Waals surface area (Å²) >= 11 is 0. The number of nitrogen functional groups attached to an aromatic ring is 1. The summed E-state index contributed by atoms with van der Waals surface area (Å²) in [6.07, 6.45) is -0.513. The van der Waals surface area contributed by atoms with Crippen LogP contribution in [0.4, 0.5) is 16.2 Å². The third-order valence-electron chi connectivity index (χ3n) is 2.78. The number of nitrogens with one attached hydrogen (secondary N) is 1. The van der Waals surface area contributed by atoms with Crippen LogP contribution in [0.5, 0.6) is 5.75 Å². The fourth-order valence-corrected chi connectivity index (χ4v) is 1.76. The fraction of sp³-hybridized carbons (Fsp3) is 0.364. The second kappa shape index (κ2) is 5.53. The van der Waals surface area contributed by atoms with Crippen molar-refractivity contribution in [2.45, 2.75) is 0 Å². The van der Waals surface area contributed by atoms with E-state index in [1.54, 1.807) is 4.90 Å². The summed E-state index contributed by atoms with van der Waals surface area (Å²) < 4.78 is 5.10. The second-order valence-electron chi connectivity index (χ2n) is 4.08. The number of anilines is 1. The van der Waals surface area contributed by atoms with Crippen molar-refractivity contribution in [2.75, 3.05) is 31.9 Å². The summed E-state index contributed by atoms with van der Waals surface area (Å²) in [6, 6.07) is 3.93. The molecule has 0 aliphatic carbocycles. The largest absolute Gasteiger partial charge is 0.415 e. The molecule has 0 spiro atoms. The number of carbonyl (C=O) groups excluding carboxylic acids is 1. The van der Waals surface area contributed by atoms with E-state index in [4.69, 9.17) is 10.5 Å². The van der Waals surface area contributed by atoms with Crippen LogP contribution in [-0.2, 0) is 0 Å². The molecule has 1 heterocycles. The highest BCUT2D eigenvalue weighted by Gasteiger charge is 2.20. The van der Waals surface area contributed by atoms with E-state index >= 15 is 0 Å². The van der Waals surface area contributed by atoms with E-state index in [1.807, 2.05) is 0 Å². The molecule has 0 saturated carbocycles. The SMILES string of the molecule is Nc1ccc(OC(=O)N2CCNCC2)cc1[N+](=O)[O-]. The van der Waals surface area contributed by atoms with Gasteiger partial charge in [0, 0.05) is 26.2 Å². The van der Waals surface area contributed by atoms with Crippen molar-refractivity contribution >= 4 is 17.5 Å². The first kappa shape index (κ1) is 13.1. The Morgan fingerprint density at radius 2 is 2.11 bits per heavy atom. The third kappa shape index (κ3) is 3.10. The van der Waals surface area contributed by atoms with Crippen molar-refractivity contribution in [3.63, 3.8) is 0 Å². The minimum Gasteiger partial charge on any atom is -0.410 e. The standard InChI is InChI=1S/C11H14N4O4/c12-9-2-1-8(7-10(9)15(17)18)19-11(16)14-5-3-13-4-6-14/h1-2,7,13H,3-6,12H2. The van der Waals surface area contributed by atoms with E-state index in [0.29, 0.717) is 26.2 Å². The van der Waals surface area contributed by atoms with Crippen molar-refractivity contribution in [1.29, 1.82) is 0 Å². The predicted molar refractivity (Wildman–Crippen MR) is 68.0 cm³/mol. The maximum atomic E-state index is 11.8. The summed E-state index contributed by atoms with van der Waals surface area (Å²) in [6.45, 7) is 2.51. The molecule has 0 atom stereocenters. The number of carbonyl (C=O) groups is 1. The summed E-state index contributed by atoms with van der Waals surface area (Å²) in [5.74, 6) is 0.115. The molecule has 8 heteroatoms. The molecule has 0 bridgehead atoms. The van der Waals surface area contributed by atoms with Crippen molar-refractivity contribution in [3.8, 4) is 5.75 Å². The van der Waals surface area contributed by atoms with E-state index < -0.39 is 11.0 Å². The molecule has 0 radical (unpaired) electrons. The second-order valence-corrected chi connectivity index (χ2v) is 4.08. The van der Waals surface area contributed by atoms with Crippen molar-refractivity contribution in [1.82, 2.24) is 10.2 Å². The number of nitrogens with two attached hydrogens (primary N) is 1. The Bertz CT molecular complexity index is 499. The lowest BCUT2D eigenvalue weighted by atomic mass is 10.2. The van der Waals surface area contributed by atoms with Gasteiger partial charge in [-0.3, -0.25) is 10.1 Å². The number of nitrogens with zero attached hydrogens (tertiary/aromatic N) is 2. The van der Waals surface area contributed by atoms with Crippen molar-refractivity contribution in [2.24, 2.45) is 0 Å². The van der Waals surface area contributed by atoms with Crippen molar-refractivity contribution in [3.05, 3.63) is 28.3 Å². The smallest absolute Gasteiger partial charge is 0.410 e. The molecule has 102 valence electrons. The normalized spacial score (nSPS) is 15.1. The number of nitro groups is 1. The average Bonchev–Trinajstić information content (AvgIpc) is 2.41. The van der Waals surface area contributed by atoms with Gasteiger partial charge in [0.25, 0.3) is 5.69 Å². The molecular formula is C11H14N4O4. The van der Waals surface area contributed by atoms with E-state index in [1.165, 1.54) is 12.1 Å². The van der Waals surface area contributed by atoms with Gasteiger partial charge in [0.2, 0.25) is 0 Å². The number of nitro benzene ring substituents is 1. The number of rotatable bonds is 2. The number of hydrogen-bond acceptors (Lipinski definition) is 6. The first-order valence-corrected chi connectivity index (χ1v) is 5.79. The zero-order valence-corrected chi connectivity index (χ0v) is 10.2. The molecule has 1 saturated heterocycles. The van der Waals surface area contributed by atoms with Crippen LogP contribution in [0.25, 0.3) is 0 Å². The summed E-state index contributed by atoms with van der Waals surface area (Å²) in [4.78, 5) is 23.5. The molecule has 1 aromatic rings. The van der Waals surface area contributed by atoms with Crippen LogP contribution in [0.15, 0.2) is 18.2 Å². The van der Waals surface area contributed by atoms with Gasteiger partial charge in [-0.1, -0.05) is 0 Å². The zero-order valence-electron chi connectivity index (χ0n) is 10.2. The molecule has 1 amide bonds. The number of hydrogen-bond donors (Lipinski definition) is 2. The first-order valence-electron chi connectivity index (χ1n) is 5.79. The first-order chi connectivity index (χ1) is 9.08. The van der Waals surface area contributed by atoms with E-state index in [-0.39, 0.29) is 17.1 Å². The molecule has 1 fully saturated rings. The van der Waals surface area contributed by atoms with Crippen LogP contribution in [-0.4, -0.2) is 42.1 Å². The van der Waals surface area contributed by atoms with E-state index in [9.17, 15) is 14.9 Å². The van der Waals surface area contributed by atoms with Gasteiger partial charge in [0.15, 0.2) is 0 Å². The summed E-state index contributed by atoms with van der Waals surface area (Å²) in [7, 11) is 0. The number of amides is 1. The van der Waals surface area contributed by atoms with E-state index in [2.05, 4.69) is 5.32 Å². The molecule has 1 aliphatic heterocycles. The predicted octanol–water partition coefficient (Wildman–Crippen LogP) is 0.581. The van der Waals surface area contributed by atoms with Crippen LogP contribution >= 0.6 is 0 Å². The molecule has 2 rings (SSSR count). The fourth-order valence-electron chi connectivity index (χ4n) is 1.76. The van der Waals surface area contributed by atoms with Gasteiger partial charge in [-0.05, 0) is 12.1 Å². The lowest BCUT2D eigenvalue weighted by Crippen LogP contribution is -2.47. The maximum Gasteiger partial charge on any atom is 0.415 e. The molecule has 19 heavy (non-hydrogen) atoms. The van der Waals surface area contributed by atoms with Gasteiger partial charge in [0.1, 0.15) is 11.4 Å². The number of ether oxygens (including phenoxy) is 1. The third-order valence-corrected chi connectivity index (χ3v) is 2.78. The van der Waals surface area contributed by atoms with Crippen LogP contribution in [0, 0.1) is 10.1 Å². The van der Waals surface area contributed by atoms with Gasteiger partial charge in [0.05, 0.1) is 11.0 Å². The molecule has 0 aromatic heterocycles. The maximum absolute atomic E-state index is 11.8. The van der Waals surface area contributed by atoms with E-state index in [0.717, 1.165) is 6.07 Å². The Morgan fingerprint density at radius 1 is 1.42 bits per heavy atom. The van der Waals surface area contributed by atoms with Crippen LogP contribution < -0.4 is 15.8 Å². The highest BCUT2D eigenvalue weighted by Crippen LogP contribution is 2.26. The molecule has 8 nitrogen and oxygen atoms in total. The lowest BCUT2D eigenvalue weighted by molar-refractivity contribution is -0.383. The monoisotopic (exact) mass is 266 g/mol. The quantitative estimate of drug-likeness (QED) is 0.460. The summed E-state index contributed by atoms with van der Waals surface area (Å²) in [5, 5.41) is 13.8. The van der Waals surface area contributed by atoms with Gasteiger partial charge in [-0.25, -0.2) is 4.79 Å². The van der Waals surface area contributed by atoms with Gasteiger partial charge >= 0.3 is 6.09 Å². The van der Waals surface area contributed by atoms with Crippen molar-refractivity contribution < 1.29 is 14.5 Å². The van der Waals surface area contributed by atoms with Crippen LogP contribution in [0.3, 0.4) is 0 Å². The Labute approximate surface area is 109 Å². The van der Waals surface area contributed by atoms with Gasteiger partial charge < -0.3 is 20.7 Å². The lowest BCUT2D eigenvalue weighted by Gasteiger charge is -2.26. The zero-order chi connectivity index (χ0) is 13.8. The molecule has 3 N–H and O–H groups in total. The molecular weight excluding hydrogens is 252 g/mol. The highest BCUT2D eigenvalue weighted by atomic mass is 16.6. The molecule has 1 aliphatic rings. The minimum absolute atomic E-state index is 0.0342. The van der Waals surface area contributed by atoms with Gasteiger partial charge in [-0.15, -0.1) is 0 Å². The number of piperazine rings is 1. The Balaban J connectivity index is 2.08. The van der Waals surface area contributed by atoms with Gasteiger partial charge in [-0.2, -0.15) is 0 Å². The molecule has 0 unspecified atom stereocenters. The Morgan fingerprint density at radius 3 is 2.74 bits per heavy atom. The highest BCUT2D eigenvalue weighted by molar-refractivity contribution is 5.72.